The molecule has 1 amide bonds. The van der Waals surface area contributed by atoms with Crippen LogP contribution in [-0.4, -0.2) is 44.0 Å². The third-order valence-electron chi connectivity index (χ3n) is 4.38. The predicted molar refractivity (Wildman–Crippen MR) is 119 cm³/mol. The van der Waals surface area contributed by atoms with Crippen molar-refractivity contribution in [3.63, 3.8) is 0 Å². The lowest BCUT2D eigenvalue weighted by molar-refractivity contribution is -0.128. The summed E-state index contributed by atoms with van der Waals surface area (Å²) in [4.78, 5) is 14.6. The van der Waals surface area contributed by atoms with Crippen LogP contribution in [0.2, 0.25) is 0 Å². The maximum absolute atomic E-state index is 13.0. The van der Waals surface area contributed by atoms with Crippen molar-refractivity contribution in [1.82, 2.24) is 10.2 Å². The van der Waals surface area contributed by atoms with Crippen LogP contribution in [-0.2, 0) is 21.7 Å². The highest BCUT2D eigenvalue weighted by Crippen LogP contribution is 2.29. The Morgan fingerprint density at radius 3 is 2.59 bits per heavy atom. The second-order valence-corrected chi connectivity index (χ2v) is 7.80. The molecule has 0 fully saturated rings. The molecule has 1 N–H and O–H groups in total. The highest BCUT2D eigenvalue weighted by Gasteiger charge is 2.24. The van der Waals surface area contributed by atoms with Crippen molar-refractivity contribution in [1.29, 1.82) is 0 Å². The second-order valence-electron chi connectivity index (χ2n) is 6.80. The van der Waals surface area contributed by atoms with Gasteiger partial charge in [-0.1, -0.05) is 39.2 Å². The molecule has 0 spiro atoms. The van der Waals surface area contributed by atoms with E-state index in [1.54, 1.807) is 30.1 Å². The fraction of sp³-hybridized carbons (Fsp3) is 0.600. The Labute approximate surface area is 180 Å². The number of ether oxygens (including phenoxy) is 1. The largest absolute Gasteiger partial charge is 0.491 e. The van der Waals surface area contributed by atoms with E-state index in [0.29, 0.717) is 23.0 Å². The quantitative estimate of drug-likeness (QED) is 0.412. The number of carbonyl (C=O) groups excluding carboxylic acids is 1. The number of benzene rings is 1. The molecule has 162 valence electrons. The van der Waals surface area contributed by atoms with Gasteiger partial charge in [0.15, 0.2) is 5.11 Å². The highest BCUT2D eigenvalue weighted by atomic mass is 32.2. The molecule has 0 aliphatic carbocycles. The summed E-state index contributed by atoms with van der Waals surface area (Å²) in [7, 11) is -0.918. The van der Waals surface area contributed by atoms with Crippen LogP contribution < -0.4 is 10.1 Å². The van der Waals surface area contributed by atoms with E-state index in [4.69, 9.17) is 17.0 Å². The SMILES string of the molecule is CCCCC[C@H](C)N(C(=O)Cc1ccc(OCCC)c(N=S(=O)=O)c1)C(=S)NC. The Kier molecular flexibility index (Phi) is 11.5. The summed E-state index contributed by atoms with van der Waals surface area (Å²) in [6.45, 7) is 6.53. The maximum Gasteiger partial charge on any atom is 0.316 e. The van der Waals surface area contributed by atoms with Crippen molar-refractivity contribution >= 4 is 39.4 Å². The first-order valence-electron chi connectivity index (χ1n) is 9.94. The minimum absolute atomic E-state index is 0.0283. The van der Waals surface area contributed by atoms with Crippen LogP contribution in [0.25, 0.3) is 0 Å². The molecule has 29 heavy (non-hydrogen) atoms. The lowest BCUT2D eigenvalue weighted by Gasteiger charge is -2.29. The first-order chi connectivity index (χ1) is 13.8. The van der Waals surface area contributed by atoms with Crippen LogP contribution in [0.4, 0.5) is 5.69 Å². The summed E-state index contributed by atoms with van der Waals surface area (Å²) in [6, 6.07) is 4.94. The van der Waals surface area contributed by atoms with Gasteiger partial charge in [0.25, 0.3) is 0 Å². The van der Waals surface area contributed by atoms with Gasteiger partial charge >= 0.3 is 10.5 Å². The zero-order chi connectivity index (χ0) is 21.8. The summed E-state index contributed by atoms with van der Waals surface area (Å²) in [5.74, 6) is 0.229. The molecular weight excluding hydrogens is 410 g/mol. The average molecular weight is 442 g/mol. The van der Waals surface area contributed by atoms with Crippen LogP contribution in [0, 0.1) is 0 Å². The molecule has 0 unspecified atom stereocenters. The number of thiocarbonyl (C=S) groups is 1. The summed E-state index contributed by atoms with van der Waals surface area (Å²) in [5, 5.41) is 3.27. The van der Waals surface area contributed by atoms with Crippen molar-refractivity contribution in [3.05, 3.63) is 23.8 Å². The number of hydrogen-bond acceptors (Lipinski definition) is 6. The van der Waals surface area contributed by atoms with Crippen LogP contribution >= 0.6 is 12.2 Å². The third-order valence-corrected chi connectivity index (χ3v) is 5.13. The van der Waals surface area contributed by atoms with Gasteiger partial charge in [-0.15, -0.1) is 4.36 Å². The summed E-state index contributed by atoms with van der Waals surface area (Å²) in [6.07, 6.45) is 4.97. The van der Waals surface area contributed by atoms with Gasteiger partial charge in [-0.25, -0.2) is 0 Å². The van der Waals surface area contributed by atoms with Crippen LogP contribution in [0.3, 0.4) is 0 Å². The van der Waals surface area contributed by atoms with Crippen LogP contribution in [0.15, 0.2) is 22.6 Å². The van der Waals surface area contributed by atoms with Crippen molar-refractivity contribution in [3.8, 4) is 5.75 Å². The zero-order valence-electron chi connectivity index (χ0n) is 17.6. The molecule has 0 aromatic heterocycles. The van der Waals surface area contributed by atoms with Crippen molar-refractivity contribution in [2.75, 3.05) is 13.7 Å². The highest BCUT2D eigenvalue weighted by molar-refractivity contribution is 7.80. The molecule has 1 atom stereocenters. The second kappa shape index (κ2) is 13.3. The molecule has 7 nitrogen and oxygen atoms in total. The molecule has 0 saturated carbocycles. The van der Waals surface area contributed by atoms with Gasteiger partial charge in [-0.2, -0.15) is 8.42 Å². The number of carbonyl (C=O) groups is 1. The average Bonchev–Trinajstić information content (AvgIpc) is 2.67. The Hall–Kier alpha value is -2.00. The van der Waals surface area contributed by atoms with Crippen LogP contribution in [0.5, 0.6) is 5.75 Å². The van der Waals surface area contributed by atoms with E-state index in [9.17, 15) is 13.2 Å². The van der Waals surface area contributed by atoms with E-state index in [1.807, 2.05) is 13.8 Å². The van der Waals surface area contributed by atoms with Crippen molar-refractivity contribution in [2.45, 2.75) is 65.3 Å². The van der Waals surface area contributed by atoms with E-state index < -0.39 is 10.5 Å². The molecule has 0 heterocycles. The molecular formula is C20H31N3O4S2. The summed E-state index contributed by atoms with van der Waals surface area (Å²) < 4.78 is 31.3. The minimum Gasteiger partial charge on any atom is -0.491 e. The monoisotopic (exact) mass is 441 g/mol. The number of amides is 1. The first-order valence-corrected chi connectivity index (χ1v) is 11.4. The lowest BCUT2D eigenvalue weighted by Crippen LogP contribution is -2.48. The van der Waals surface area contributed by atoms with E-state index in [0.717, 1.165) is 32.1 Å². The summed E-state index contributed by atoms with van der Waals surface area (Å²) >= 11 is 5.35. The molecule has 0 radical (unpaired) electrons. The predicted octanol–water partition coefficient (Wildman–Crippen LogP) is 4.01. The fourth-order valence-corrected chi connectivity index (χ4v) is 3.50. The molecule has 0 bridgehead atoms. The molecule has 0 aliphatic heterocycles. The van der Waals surface area contributed by atoms with Gasteiger partial charge in [0.05, 0.1) is 13.0 Å². The van der Waals surface area contributed by atoms with Gasteiger partial charge in [-0.05, 0) is 49.7 Å². The van der Waals surface area contributed by atoms with Crippen molar-refractivity contribution < 1.29 is 17.9 Å². The zero-order valence-corrected chi connectivity index (χ0v) is 19.2. The Morgan fingerprint density at radius 1 is 1.28 bits per heavy atom. The maximum atomic E-state index is 13.0. The number of nitrogens with one attached hydrogen (secondary N) is 1. The van der Waals surface area contributed by atoms with E-state index in [2.05, 4.69) is 16.6 Å². The van der Waals surface area contributed by atoms with E-state index >= 15 is 0 Å². The smallest absolute Gasteiger partial charge is 0.316 e. The standard InChI is InChI=1S/C20H31N3O4S2/c1-5-7-8-9-15(3)23(20(28)21-4)19(24)14-16-10-11-18(27-12-6-2)17(13-16)22-29(25)26/h10-11,13,15H,5-9,12,14H2,1-4H3,(H,21,28)/t15-/m0/s1. The molecule has 1 aromatic carbocycles. The van der Waals surface area contributed by atoms with Gasteiger partial charge in [-0.3, -0.25) is 9.69 Å². The number of nitrogens with zero attached hydrogens (tertiary/aromatic N) is 2. The normalized spacial score (nSPS) is 11.4. The molecule has 9 heteroatoms. The van der Waals surface area contributed by atoms with Crippen LogP contribution in [0.1, 0.15) is 58.4 Å². The number of unbranched alkanes of at least 4 members (excludes halogenated alkanes) is 2. The first kappa shape index (κ1) is 25.0. The van der Waals surface area contributed by atoms with Gasteiger partial charge in [0, 0.05) is 13.1 Å². The minimum atomic E-state index is -2.61. The molecule has 1 aromatic rings. The van der Waals surface area contributed by atoms with Gasteiger partial charge in [0.1, 0.15) is 11.4 Å². The number of hydrogen-bond donors (Lipinski definition) is 1. The molecule has 1 rings (SSSR count). The van der Waals surface area contributed by atoms with Gasteiger partial charge in [0.2, 0.25) is 5.91 Å². The van der Waals surface area contributed by atoms with Crippen molar-refractivity contribution in [2.24, 2.45) is 4.36 Å². The van der Waals surface area contributed by atoms with E-state index in [1.165, 1.54) is 0 Å². The fourth-order valence-electron chi connectivity index (χ4n) is 2.92. The summed E-state index contributed by atoms with van der Waals surface area (Å²) in [5.41, 5.74) is 0.837. The number of rotatable bonds is 11. The Morgan fingerprint density at radius 2 is 2.00 bits per heavy atom. The topological polar surface area (TPSA) is 88.1 Å². The van der Waals surface area contributed by atoms with Gasteiger partial charge < -0.3 is 10.1 Å². The molecule has 0 aliphatic rings. The Bertz CT molecular complexity index is 817. The molecule has 0 saturated heterocycles. The third kappa shape index (κ3) is 8.49. The van der Waals surface area contributed by atoms with E-state index in [-0.39, 0.29) is 24.1 Å². The Balaban J connectivity index is 3.06. The lowest BCUT2D eigenvalue weighted by atomic mass is 10.1.